The lowest BCUT2D eigenvalue weighted by Gasteiger charge is -2.46. The standard InChI is InChI=1S/C21H27N4O2/c22-14-21(15-25(16-21)13-17-7-3-1-4-8-17)24-18(26)9-12-20(19(23)27)10-5-2-6-11-20/h1,3-4,7-9H,2,5-6,10-13,15-16H2,(H2,23,27)(H,24,26). The lowest BCUT2D eigenvalue weighted by atomic mass is 9.70. The van der Waals surface area contributed by atoms with Gasteiger partial charge < -0.3 is 11.1 Å². The van der Waals surface area contributed by atoms with Crippen molar-refractivity contribution in [1.29, 1.82) is 5.26 Å². The van der Waals surface area contributed by atoms with Crippen LogP contribution in [0.5, 0.6) is 0 Å². The molecule has 0 atom stereocenters. The zero-order valence-corrected chi connectivity index (χ0v) is 15.6. The molecular weight excluding hydrogens is 340 g/mol. The van der Waals surface area contributed by atoms with Gasteiger partial charge in [-0.1, -0.05) is 49.6 Å². The van der Waals surface area contributed by atoms with Gasteiger partial charge in [-0.3, -0.25) is 14.5 Å². The van der Waals surface area contributed by atoms with Crippen LogP contribution >= 0.6 is 0 Å². The molecule has 6 nitrogen and oxygen atoms in total. The summed E-state index contributed by atoms with van der Waals surface area (Å²) >= 11 is 0. The van der Waals surface area contributed by atoms with Crippen molar-refractivity contribution in [2.24, 2.45) is 11.1 Å². The van der Waals surface area contributed by atoms with Gasteiger partial charge in [0.1, 0.15) is 0 Å². The lowest BCUT2D eigenvalue weighted by molar-refractivity contribution is -0.130. The van der Waals surface area contributed by atoms with Gasteiger partial charge in [-0.05, 0) is 24.8 Å². The van der Waals surface area contributed by atoms with Crippen LogP contribution < -0.4 is 11.1 Å². The highest BCUT2D eigenvalue weighted by atomic mass is 16.2. The summed E-state index contributed by atoms with van der Waals surface area (Å²) in [5, 5.41) is 12.4. The van der Waals surface area contributed by atoms with Crippen molar-refractivity contribution in [3.8, 4) is 6.07 Å². The van der Waals surface area contributed by atoms with E-state index in [2.05, 4.69) is 16.3 Å². The number of likely N-dealkylation sites (tertiary alicyclic amines) is 1. The van der Waals surface area contributed by atoms with E-state index in [9.17, 15) is 14.9 Å². The van der Waals surface area contributed by atoms with E-state index in [4.69, 9.17) is 5.73 Å². The molecule has 1 aliphatic heterocycles. The molecule has 1 heterocycles. The Kier molecular flexibility index (Phi) is 5.81. The van der Waals surface area contributed by atoms with Gasteiger partial charge in [0, 0.05) is 25.0 Å². The highest BCUT2D eigenvalue weighted by molar-refractivity contribution is 5.88. The van der Waals surface area contributed by atoms with Crippen molar-refractivity contribution in [2.75, 3.05) is 13.1 Å². The van der Waals surface area contributed by atoms with E-state index in [-0.39, 0.29) is 11.8 Å². The third-order valence-electron chi connectivity index (χ3n) is 5.82. The number of benzene rings is 1. The molecule has 2 aliphatic rings. The molecule has 0 bridgehead atoms. The Morgan fingerprint density at radius 3 is 2.44 bits per heavy atom. The molecular formula is C21H27N4O2. The number of nitrogens with one attached hydrogen (secondary N) is 1. The Bertz CT molecular complexity index is 713. The van der Waals surface area contributed by atoms with E-state index in [1.54, 1.807) is 0 Å². The number of nitrogens with zero attached hydrogens (tertiary/aromatic N) is 2. The number of primary amides is 1. The van der Waals surface area contributed by atoms with Gasteiger partial charge >= 0.3 is 0 Å². The van der Waals surface area contributed by atoms with Crippen molar-refractivity contribution >= 4 is 11.8 Å². The van der Waals surface area contributed by atoms with Crippen molar-refractivity contribution < 1.29 is 9.59 Å². The maximum absolute atomic E-state index is 12.4. The Balaban J connectivity index is 1.49. The minimum Gasteiger partial charge on any atom is -0.369 e. The second kappa shape index (κ2) is 8.10. The predicted molar refractivity (Wildman–Crippen MR) is 102 cm³/mol. The summed E-state index contributed by atoms with van der Waals surface area (Å²) in [5.74, 6) is -0.610. The number of rotatable bonds is 7. The quantitative estimate of drug-likeness (QED) is 0.769. The van der Waals surface area contributed by atoms with E-state index >= 15 is 0 Å². The van der Waals surface area contributed by atoms with E-state index in [1.165, 1.54) is 12.0 Å². The molecule has 1 aromatic rings. The summed E-state index contributed by atoms with van der Waals surface area (Å²) in [6.45, 7) is 1.76. The zero-order valence-electron chi connectivity index (χ0n) is 15.6. The number of hydrogen-bond donors (Lipinski definition) is 2. The molecule has 0 unspecified atom stereocenters. The van der Waals surface area contributed by atoms with Crippen molar-refractivity contribution in [3.05, 3.63) is 42.3 Å². The first-order valence-electron chi connectivity index (χ1n) is 9.60. The fraction of sp³-hybridized carbons (Fsp3) is 0.524. The molecule has 2 amide bonds. The molecule has 1 aliphatic carbocycles. The zero-order chi connectivity index (χ0) is 19.3. The summed E-state index contributed by atoms with van der Waals surface area (Å²) < 4.78 is 0. The normalized spacial score (nSPS) is 20.9. The molecule has 1 radical (unpaired) electrons. The van der Waals surface area contributed by atoms with Crippen LogP contribution in [-0.4, -0.2) is 35.3 Å². The molecule has 2 fully saturated rings. The second-order valence-electron chi connectivity index (χ2n) is 7.93. The Hall–Kier alpha value is -2.39. The van der Waals surface area contributed by atoms with Gasteiger partial charge in [0.05, 0.1) is 12.5 Å². The first-order chi connectivity index (χ1) is 13.0. The molecule has 6 heteroatoms. The van der Waals surface area contributed by atoms with Crippen LogP contribution in [0.15, 0.2) is 30.3 Å². The van der Waals surface area contributed by atoms with Gasteiger partial charge in [-0.25, -0.2) is 0 Å². The van der Waals surface area contributed by atoms with Crippen molar-refractivity contribution in [2.45, 2.75) is 50.6 Å². The number of hydrogen-bond acceptors (Lipinski definition) is 4. The molecule has 27 heavy (non-hydrogen) atoms. The Labute approximate surface area is 160 Å². The van der Waals surface area contributed by atoms with Crippen molar-refractivity contribution in [1.82, 2.24) is 10.2 Å². The predicted octanol–water partition coefficient (Wildman–Crippen LogP) is 1.91. The summed E-state index contributed by atoms with van der Waals surface area (Å²) in [6, 6.07) is 12.3. The smallest absolute Gasteiger partial charge is 0.225 e. The van der Waals surface area contributed by atoms with Crippen LogP contribution in [0.4, 0.5) is 0 Å². The van der Waals surface area contributed by atoms with Crippen LogP contribution in [0.3, 0.4) is 0 Å². The largest absolute Gasteiger partial charge is 0.369 e. The van der Waals surface area contributed by atoms with E-state index in [1.807, 2.05) is 30.3 Å². The van der Waals surface area contributed by atoms with Gasteiger partial charge in [0.2, 0.25) is 11.8 Å². The summed E-state index contributed by atoms with van der Waals surface area (Å²) in [5.41, 5.74) is 5.35. The second-order valence-corrected chi connectivity index (χ2v) is 7.93. The van der Waals surface area contributed by atoms with Crippen molar-refractivity contribution in [3.63, 3.8) is 0 Å². The van der Waals surface area contributed by atoms with E-state index < -0.39 is 11.0 Å². The topological polar surface area (TPSA) is 99.2 Å². The molecule has 1 aromatic carbocycles. The molecule has 3 rings (SSSR count). The summed E-state index contributed by atoms with van der Waals surface area (Å²) in [4.78, 5) is 26.4. The highest BCUT2D eigenvalue weighted by Gasteiger charge is 2.45. The summed E-state index contributed by atoms with van der Waals surface area (Å²) in [6.07, 6.45) is 6.37. The average molecular weight is 367 g/mol. The van der Waals surface area contributed by atoms with Crippen LogP contribution in [0, 0.1) is 23.2 Å². The van der Waals surface area contributed by atoms with Crippen LogP contribution in [0.1, 0.15) is 44.1 Å². The molecule has 0 spiro atoms. The van der Waals surface area contributed by atoms with Crippen LogP contribution in [0.25, 0.3) is 0 Å². The number of nitriles is 1. The highest BCUT2D eigenvalue weighted by Crippen LogP contribution is 2.39. The number of carbonyl (C=O) groups is 2. The number of amides is 2. The third kappa shape index (κ3) is 4.48. The summed E-state index contributed by atoms with van der Waals surface area (Å²) in [7, 11) is 0. The maximum Gasteiger partial charge on any atom is 0.225 e. The fourth-order valence-electron chi connectivity index (χ4n) is 4.20. The SMILES string of the molecule is N#CC1(NC(=O)[CH]CC2(C(N)=O)CCCCC2)CN(Cc2ccccc2)C1. The minimum absolute atomic E-state index is 0.290. The molecule has 143 valence electrons. The Morgan fingerprint density at radius 2 is 1.85 bits per heavy atom. The fourth-order valence-corrected chi connectivity index (χ4v) is 4.20. The van der Waals surface area contributed by atoms with Gasteiger partial charge in [-0.2, -0.15) is 5.26 Å². The van der Waals surface area contributed by atoms with Crippen LogP contribution in [-0.2, 0) is 16.1 Å². The molecule has 3 N–H and O–H groups in total. The number of carbonyl (C=O) groups excluding carboxylic acids is 2. The van der Waals surface area contributed by atoms with E-state index in [0.717, 1.165) is 38.6 Å². The molecule has 1 saturated carbocycles. The first kappa shape index (κ1) is 19.4. The van der Waals surface area contributed by atoms with E-state index in [0.29, 0.717) is 19.5 Å². The third-order valence-corrected chi connectivity index (χ3v) is 5.82. The Morgan fingerprint density at radius 1 is 1.19 bits per heavy atom. The number of nitrogens with two attached hydrogens (primary N) is 1. The van der Waals surface area contributed by atoms with Gasteiger partial charge in [-0.15, -0.1) is 0 Å². The molecule has 0 aromatic heterocycles. The lowest BCUT2D eigenvalue weighted by Crippen LogP contribution is -2.69. The first-order valence-corrected chi connectivity index (χ1v) is 9.60. The van der Waals surface area contributed by atoms with Crippen LogP contribution in [0.2, 0.25) is 0 Å². The monoisotopic (exact) mass is 367 g/mol. The maximum atomic E-state index is 12.4. The van der Waals surface area contributed by atoms with Gasteiger partial charge in [0.25, 0.3) is 0 Å². The molecule has 1 saturated heterocycles. The average Bonchev–Trinajstić information content (AvgIpc) is 2.66. The van der Waals surface area contributed by atoms with Gasteiger partial charge in [0.15, 0.2) is 5.54 Å². The minimum atomic E-state index is -0.852.